The van der Waals surface area contributed by atoms with E-state index < -0.39 is 35.6 Å². The van der Waals surface area contributed by atoms with Gasteiger partial charge in [0.05, 0.1) is 17.7 Å². The predicted octanol–water partition coefficient (Wildman–Crippen LogP) is 3.06. The Hall–Kier alpha value is -7.75. The largest absolute Gasteiger partial charge is 0.491 e. The van der Waals surface area contributed by atoms with Crippen LogP contribution in [-0.4, -0.2) is 158 Å². The Balaban J connectivity index is 0.733. The Morgan fingerprint density at radius 1 is 0.808 bits per heavy atom. The van der Waals surface area contributed by atoms with Crippen molar-refractivity contribution in [2.75, 3.05) is 83.7 Å². The van der Waals surface area contributed by atoms with E-state index in [1.54, 1.807) is 11.0 Å². The first kappa shape index (κ1) is 56.5. The number of aromatic amines is 1. The molecule has 21 nitrogen and oxygen atoms in total. The van der Waals surface area contributed by atoms with Crippen LogP contribution in [0.5, 0.6) is 5.75 Å². The summed E-state index contributed by atoms with van der Waals surface area (Å²) in [7, 11) is 0. The van der Waals surface area contributed by atoms with Crippen LogP contribution < -0.4 is 36.5 Å². The summed E-state index contributed by atoms with van der Waals surface area (Å²) in [6.45, 7) is 12.8. The van der Waals surface area contributed by atoms with Crippen LogP contribution >= 0.6 is 0 Å². The number of hydrogen-bond acceptors (Lipinski definition) is 14. The van der Waals surface area contributed by atoms with E-state index in [2.05, 4.69) is 73.3 Å². The normalized spacial score (nSPS) is 16.9. The van der Waals surface area contributed by atoms with E-state index in [9.17, 15) is 43.2 Å². The number of imide groups is 2. The summed E-state index contributed by atoms with van der Waals surface area (Å²) >= 11 is 0. The molecule has 8 rings (SSSR count). The SMILES string of the molecule is CCN(c1cc(-c2ccc(CN3CCN(C(=O)COCC(=O)NCCCC(=O)NCCOc4cccc5c4C(=O)N(C4CCC(=O)NC4=O)C5=O)CC3)cc2)cc(C(=O)NCc2c(C)cc(C)[nH]c2=O)c1C)C1CCOCC1. The summed E-state index contributed by atoms with van der Waals surface area (Å²) < 4.78 is 16.9. The summed E-state index contributed by atoms with van der Waals surface area (Å²) in [6, 6.07) is 18.1. The number of fused-ring (bicyclic) bond motifs is 1. The molecule has 5 N–H and O–H groups in total. The molecule has 0 spiro atoms. The molecule has 414 valence electrons. The summed E-state index contributed by atoms with van der Waals surface area (Å²) in [5, 5.41) is 10.6. The van der Waals surface area contributed by atoms with Crippen LogP contribution in [0.15, 0.2) is 65.5 Å². The van der Waals surface area contributed by atoms with Gasteiger partial charge >= 0.3 is 0 Å². The minimum atomic E-state index is -1.10. The number of benzene rings is 3. The highest BCUT2D eigenvalue weighted by molar-refractivity contribution is 6.24. The number of ether oxygens (including phenoxy) is 3. The van der Waals surface area contributed by atoms with E-state index >= 15 is 0 Å². The van der Waals surface area contributed by atoms with E-state index in [-0.39, 0.29) is 105 Å². The lowest BCUT2D eigenvalue weighted by molar-refractivity contribution is -0.140. The van der Waals surface area contributed by atoms with Crippen molar-refractivity contribution in [2.24, 2.45) is 0 Å². The van der Waals surface area contributed by atoms with Gasteiger partial charge in [0, 0.05) is 107 Å². The van der Waals surface area contributed by atoms with Gasteiger partial charge in [-0.15, -0.1) is 0 Å². The van der Waals surface area contributed by atoms with E-state index in [1.807, 2.05) is 32.9 Å². The lowest BCUT2D eigenvalue weighted by Crippen LogP contribution is -2.54. The van der Waals surface area contributed by atoms with Crippen LogP contribution in [0.3, 0.4) is 0 Å². The fourth-order valence-corrected chi connectivity index (χ4v) is 10.5. The summed E-state index contributed by atoms with van der Waals surface area (Å²) in [5.41, 5.74) is 7.42. The van der Waals surface area contributed by atoms with Crippen LogP contribution in [0.4, 0.5) is 5.69 Å². The highest BCUT2D eigenvalue weighted by atomic mass is 16.5. The number of nitrogens with one attached hydrogen (secondary N) is 5. The molecule has 1 unspecified atom stereocenters. The van der Waals surface area contributed by atoms with Gasteiger partial charge < -0.3 is 44.9 Å². The number of hydrogen-bond donors (Lipinski definition) is 5. The minimum absolute atomic E-state index is 0.00371. The molecule has 0 bridgehead atoms. The molecule has 3 aromatic carbocycles. The molecule has 3 fully saturated rings. The lowest BCUT2D eigenvalue weighted by Gasteiger charge is -2.37. The smallest absolute Gasteiger partial charge is 0.266 e. The summed E-state index contributed by atoms with van der Waals surface area (Å²) in [6.07, 6.45) is 2.28. The number of piperazine rings is 1. The number of carbonyl (C=O) groups excluding carboxylic acids is 8. The number of carbonyl (C=O) groups is 8. The summed E-state index contributed by atoms with van der Waals surface area (Å²) in [5.74, 6) is -3.55. The Kier molecular flexibility index (Phi) is 18.9. The van der Waals surface area contributed by atoms with Gasteiger partial charge in [0.25, 0.3) is 23.3 Å². The average Bonchev–Trinajstić information content (AvgIpc) is 3.82. The molecule has 4 aliphatic heterocycles. The van der Waals surface area contributed by atoms with Gasteiger partial charge in [0.1, 0.15) is 31.6 Å². The van der Waals surface area contributed by atoms with Crippen molar-refractivity contribution < 1.29 is 52.6 Å². The van der Waals surface area contributed by atoms with Crippen molar-refractivity contribution in [3.05, 3.63) is 116 Å². The van der Waals surface area contributed by atoms with E-state index in [4.69, 9.17) is 14.2 Å². The quantitative estimate of drug-likeness (QED) is 0.0561. The molecule has 8 amide bonds. The number of aromatic nitrogens is 1. The van der Waals surface area contributed by atoms with Crippen molar-refractivity contribution in [3.8, 4) is 16.9 Å². The van der Waals surface area contributed by atoms with Gasteiger partial charge in [-0.1, -0.05) is 30.3 Å². The van der Waals surface area contributed by atoms with Gasteiger partial charge in [-0.25, -0.2) is 0 Å². The minimum Gasteiger partial charge on any atom is -0.491 e. The van der Waals surface area contributed by atoms with Crippen LogP contribution in [0, 0.1) is 20.8 Å². The van der Waals surface area contributed by atoms with Gasteiger partial charge in [0.15, 0.2) is 0 Å². The second kappa shape index (κ2) is 26.1. The first-order valence-electron chi connectivity index (χ1n) is 26.7. The molecule has 78 heavy (non-hydrogen) atoms. The Labute approximate surface area is 452 Å². The molecule has 4 aliphatic rings. The van der Waals surface area contributed by atoms with Gasteiger partial charge in [0.2, 0.25) is 29.5 Å². The fraction of sp³-hybridized carbons (Fsp3) is 0.456. The molecule has 0 saturated carbocycles. The number of anilines is 1. The van der Waals surface area contributed by atoms with E-state index in [1.165, 1.54) is 12.1 Å². The molecule has 0 radical (unpaired) electrons. The van der Waals surface area contributed by atoms with Crippen molar-refractivity contribution in [1.82, 2.24) is 41.0 Å². The number of nitrogens with zero attached hydrogens (tertiary/aromatic N) is 4. The second-order valence-corrected chi connectivity index (χ2v) is 20.0. The van der Waals surface area contributed by atoms with Gasteiger partial charge in [-0.2, -0.15) is 0 Å². The topological polar surface area (TPSA) is 258 Å². The molecule has 21 heteroatoms. The third kappa shape index (κ3) is 13.7. The lowest BCUT2D eigenvalue weighted by atomic mass is 9.94. The monoisotopic (exact) mass is 1070 g/mol. The zero-order valence-corrected chi connectivity index (χ0v) is 44.8. The third-order valence-corrected chi connectivity index (χ3v) is 14.7. The standard InChI is InChI=1S/C57H69N9O12/c1-5-65(41-17-25-76-26-18-41)46-30-40(29-43(37(46)4)53(71)60-31-44-35(2)28-36(3)61-54(44)72)39-13-11-38(12-14-39)32-63-21-23-64(24-22-63)51(70)34-77-33-50(69)58-19-7-10-48(67)59-20-27-78-47-9-6-8-42-52(47)57(75)66(56(42)74)45-15-16-49(68)62-55(45)73/h6,8-9,11-14,28-30,41,45H,5,7,10,15-27,31-34H2,1-4H3,(H,58,69)(H,59,67)(H,60,71)(H,61,72)(H,62,68,73). The first-order valence-corrected chi connectivity index (χ1v) is 26.7. The Bertz CT molecular complexity index is 2980. The molecular weight excluding hydrogens is 1000 g/mol. The molecule has 0 aliphatic carbocycles. The second-order valence-electron chi connectivity index (χ2n) is 20.0. The highest BCUT2D eigenvalue weighted by Gasteiger charge is 2.46. The molecular formula is C57H69N9O12. The molecule has 1 aromatic heterocycles. The van der Waals surface area contributed by atoms with Gasteiger partial charge in [-0.3, -0.25) is 58.3 Å². The summed E-state index contributed by atoms with van der Waals surface area (Å²) in [4.78, 5) is 125. The molecule has 1 atom stereocenters. The first-order chi connectivity index (χ1) is 37.6. The zero-order chi connectivity index (χ0) is 55.5. The van der Waals surface area contributed by atoms with Gasteiger partial charge in [-0.05, 0) is 112 Å². The maximum atomic E-state index is 14.0. The highest BCUT2D eigenvalue weighted by Crippen LogP contribution is 2.36. The Morgan fingerprint density at radius 2 is 1.55 bits per heavy atom. The van der Waals surface area contributed by atoms with Crippen LogP contribution in [0.1, 0.15) is 104 Å². The third-order valence-electron chi connectivity index (χ3n) is 14.7. The predicted molar refractivity (Wildman–Crippen MR) is 288 cm³/mol. The number of pyridine rings is 1. The Morgan fingerprint density at radius 3 is 2.27 bits per heavy atom. The number of piperidine rings is 1. The molecule has 4 aromatic rings. The van der Waals surface area contributed by atoms with E-state index in [0.29, 0.717) is 63.5 Å². The van der Waals surface area contributed by atoms with Crippen molar-refractivity contribution in [1.29, 1.82) is 0 Å². The van der Waals surface area contributed by atoms with Crippen molar-refractivity contribution >= 4 is 52.9 Å². The van der Waals surface area contributed by atoms with E-state index in [0.717, 1.165) is 63.5 Å². The number of amides is 8. The number of rotatable bonds is 22. The molecule has 3 saturated heterocycles. The fourth-order valence-electron chi connectivity index (χ4n) is 10.5. The maximum Gasteiger partial charge on any atom is 0.266 e. The van der Waals surface area contributed by atoms with Crippen molar-refractivity contribution in [3.63, 3.8) is 0 Å². The molecule has 5 heterocycles. The zero-order valence-electron chi connectivity index (χ0n) is 44.8. The average molecular weight is 1070 g/mol. The maximum absolute atomic E-state index is 14.0. The number of H-pyrrole nitrogens is 1. The van der Waals surface area contributed by atoms with Crippen LogP contribution in [-0.2, 0) is 46.5 Å². The van der Waals surface area contributed by atoms with Crippen LogP contribution in [0.2, 0.25) is 0 Å². The van der Waals surface area contributed by atoms with Crippen LogP contribution in [0.25, 0.3) is 11.1 Å². The van der Waals surface area contributed by atoms with Crippen molar-refractivity contribution in [2.45, 2.75) is 91.4 Å². The number of aryl methyl sites for hydroxylation is 2.